The number of rotatable bonds is 7. The van der Waals surface area contributed by atoms with Crippen molar-refractivity contribution in [2.75, 3.05) is 19.6 Å². The second-order valence-corrected chi connectivity index (χ2v) is 8.51. The number of hydrogen-bond donors (Lipinski definition) is 0. The maximum Gasteiger partial charge on any atom is 0.573 e. The minimum atomic E-state index is -4.76. The molecule has 0 N–H and O–H groups in total. The molecule has 1 aliphatic rings. The lowest BCUT2D eigenvalue weighted by molar-refractivity contribution is -0.274. The van der Waals surface area contributed by atoms with Gasteiger partial charge in [-0.2, -0.15) is 0 Å². The number of halogens is 4. The number of alkyl halides is 3. The standard InChI is InChI=1S/C25H22F4N4O3/c26-19-4-8-20(9-5-19)35-22-11-12-31(16-22)13-14-33-24(34)32-15-18(3-10-23(32)30-33)17-1-6-21(7-2-17)36-25(27,28)29/h1-10,15,22H,11-14,16H2. The third kappa shape index (κ3) is 5.51. The van der Waals surface area contributed by atoms with Crippen LogP contribution in [0.3, 0.4) is 0 Å². The molecule has 1 atom stereocenters. The Labute approximate surface area is 203 Å². The van der Waals surface area contributed by atoms with Gasteiger partial charge in [-0.05, 0) is 66.1 Å². The number of benzene rings is 2. The number of aromatic nitrogens is 3. The molecule has 188 valence electrons. The Morgan fingerprint density at radius 3 is 2.33 bits per heavy atom. The average molecular weight is 502 g/mol. The highest BCUT2D eigenvalue weighted by Crippen LogP contribution is 2.26. The van der Waals surface area contributed by atoms with Gasteiger partial charge in [-0.15, -0.1) is 18.3 Å². The highest BCUT2D eigenvalue weighted by atomic mass is 19.4. The molecule has 4 aromatic rings. The summed E-state index contributed by atoms with van der Waals surface area (Å²) in [4.78, 5) is 15.1. The number of fused-ring (bicyclic) bond motifs is 1. The second kappa shape index (κ2) is 9.65. The smallest absolute Gasteiger partial charge is 0.489 e. The van der Waals surface area contributed by atoms with Crippen molar-refractivity contribution in [2.24, 2.45) is 0 Å². The van der Waals surface area contributed by atoms with Crippen LogP contribution in [-0.4, -0.2) is 51.2 Å². The van der Waals surface area contributed by atoms with E-state index in [1.807, 2.05) is 0 Å². The number of ether oxygens (including phenoxy) is 2. The lowest BCUT2D eigenvalue weighted by atomic mass is 10.1. The molecule has 0 spiro atoms. The SMILES string of the molecule is O=c1n(CCN2CCC(Oc3ccc(F)cc3)C2)nc2ccc(-c3ccc(OC(F)(F)F)cc3)cn12. The summed E-state index contributed by atoms with van der Waals surface area (Å²) in [5.41, 5.74) is 1.46. The molecule has 7 nitrogen and oxygen atoms in total. The number of likely N-dealkylation sites (tertiary alicyclic amines) is 1. The lowest BCUT2D eigenvalue weighted by Gasteiger charge is -2.16. The predicted molar refractivity (Wildman–Crippen MR) is 123 cm³/mol. The maximum absolute atomic E-state index is 13.1. The van der Waals surface area contributed by atoms with Crippen molar-refractivity contribution < 1.29 is 27.0 Å². The highest BCUT2D eigenvalue weighted by Gasteiger charge is 2.31. The third-order valence-corrected chi connectivity index (χ3v) is 5.97. The Morgan fingerprint density at radius 1 is 0.917 bits per heavy atom. The number of nitrogens with zero attached hydrogens (tertiary/aromatic N) is 4. The van der Waals surface area contributed by atoms with Gasteiger partial charge in [-0.25, -0.2) is 18.3 Å². The molecule has 1 unspecified atom stereocenters. The summed E-state index contributed by atoms with van der Waals surface area (Å²) in [5, 5.41) is 4.39. The van der Waals surface area contributed by atoms with Gasteiger partial charge in [-0.1, -0.05) is 12.1 Å². The summed E-state index contributed by atoms with van der Waals surface area (Å²) in [6, 6.07) is 14.8. The van der Waals surface area contributed by atoms with Gasteiger partial charge in [0.15, 0.2) is 5.65 Å². The first-order valence-electron chi connectivity index (χ1n) is 11.3. The fourth-order valence-corrected chi connectivity index (χ4v) is 4.22. The monoisotopic (exact) mass is 502 g/mol. The van der Waals surface area contributed by atoms with Crippen LogP contribution in [0.5, 0.6) is 11.5 Å². The largest absolute Gasteiger partial charge is 0.573 e. The van der Waals surface area contributed by atoms with E-state index in [1.165, 1.54) is 45.5 Å². The zero-order valence-electron chi connectivity index (χ0n) is 19.0. The molecule has 1 fully saturated rings. The molecular formula is C25H22F4N4O3. The van der Waals surface area contributed by atoms with Crippen molar-refractivity contribution in [1.82, 2.24) is 19.1 Å². The van der Waals surface area contributed by atoms with Crippen molar-refractivity contribution in [1.29, 1.82) is 0 Å². The van der Waals surface area contributed by atoms with Crippen molar-refractivity contribution in [3.8, 4) is 22.6 Å². The van der Waals surface area contributed by atoms with Gasteiger partial charge in [0, 0.05) is 25.8 Å². The maximum atomic E-state index is 13.1. The quantitative estimate of drug-likeness (QED) is 0.352. The topological polar surface area (TPSA) is 61.0 Å². The van der Waals surface area contributed by atoms with Gasteiger partial charge in [0.25, 0.3) is 0 Å². The summed E-state index contributed by atoms with van der Waals surface area (Å²) >= 11 is 0. The Kier molecular flexibility index (Phi) is 6.40. The van der Waals surface area contributed by atoms with Crippen molar-refractivity contribution in [3.05, 3.63) is 83.2 Å². The zero-order chi connectivity index (χ0) is 25.3. The van der Waals surface area contributed by atoms with Crippen LogP contribution in [0.4, 0.5) is 17.6 Å². The summed E-state index contributed by atoms with van der Waals surface area (Å²) in [6.45, 7) is 2.51. The fraction of sp³-hybridized carbons (Fsp3) is 0.280. The van der Waals surface area contributed by atoms with Crippen LogP contribution in [0.2, 0.25) is 0 Å². The fourth-order valence-electron chi connectivity index (χ4n) is 4.22. The van der Waals surface area contributed by atoms with E-state index in [2.05, 4.69) is 14.7 Å². The summed E-state index contributed by atoms with van der Waals surface area (Å²) < 4.78 is 62.8. The summed E-state index contributed by atoms with van der Waals surface area (Å²) in [5.74, 6) is -0.00321. The first-order valence-corrected chi connectivity index (χ1v) is 11.3. The van der Waals surface area contributed by atoms with Crippen LogP contribution >= 0.6 is 0 Å². The van der Waals surface area contributed by atoms with E-state index in [-0.39, 0.29) is 23.4 Å². The van der Waals surface area contributed by atoms with E-state index < -0.39 is 6.36 Å². The predicted octanol–water partition coefficient (Wildman–Crippen LogP) is 4.35. The molecule has 0 aliphatic carbocycles. The van der Waals surface area contributed by atoms with Crippen molar-refractivity contribution in [3.63, 3.8) is 0 Å². The molecule has 0 amide bonds. The Balaban J connectivity index is 1.22. The second-order valence-electron chi connectivity index (χ2n) is 8.51. The van der Waals surface area contributed by atoms with E-state index in [1.54, 1.807) is 30.5 Å². The molecule has 1 saturated heterocycles. The van der Waals surface area contributed by atoms with Gasteiger partial charge in [0.05, 0.1) is 6.54 Å². The lowest BCUT2D eigenvalue weighted by Crippen LogP contribution is -2.31. The third-order valence-electron chi connectivity index (χ3n) is 5.97. The van der Waals surface area contributed by atoms with Crippen molar-refractivity contribution >= 4 is 5.65 Å². The molecule has 0 radical (unpaired) electrons. The molecular weight excluding hydrogens is 480 g/mol. The molecule has 5 rings (SSSR count). The van der Waals surface area contributed by atoms with Gasteiger partial charge < -0.3 is 9.47 Å². The molecule has 11 heteroatoms. The van der Waals surface area contributed by atoms with E-state index in [4.69, 9.17) is 4.74 Å². The van der Waals surface area contributed by atoms with E-state index >= 15 is 0 Å². The summed E-state index contributed by atoms with van der Waals surface area (Å²) in [6.07, 6.45) is -2.33. The zero-order valence-corrected chi connectivity index (χ0v) is 19.0. The summed E-state index contributed by atoms with van der Waals surface area (Å²) in [7, 11) is 0. The molecule has 36 heavy (non-hydrogen) atoms. The van der Waals surface area contributed by atoms with E-state index in [0.717, 1.165) is 13.0 Å². The van der Waals surface area contributed by atoms with E-state index in [9.17, 15) is 22.4 Å². The Bertz CT molecular complexity index is 1400. The van der Waals surface area contributed by atoms with Crippen LogP contribution in [0.25, 0.3) is 16.8 Å². The minimum Gasteiger partial charge on any atom is -0.489 e. The first-order chi connectivity index (χ1) is 17.2. The molecule has 2 aromatic carbocycles. The number of pyridine rings is 1. The van der Waals surface area contributed by atoms with Crippen molar-refractivity contribution in [2.45, 2.75) is 25.4 Å². The molecule has 0 bridgehead atoms. The Hall–Kier alpha value is -3.86. The van der Waals surface area contributed by atoms with Gasteiger partial charge >= 0.3 is 12.1 Å². The molecule has 0 saturated carbocycles. The van der Waals surface area contributed by atoms with Crippen LogP contribution in [0, 0.1) is 5.82 Å². The average Bonchev–Trinajstić information content (AvgIpc) is 3.42. The van der Waals surface area contributed by atoms with Gasteiger partial charge in [0.1, 0.15) is 23.4 Å². The molecule has 1 aliphatic heterocycles. The van der Waals surface area contributed by atoms with Crippen LogP contribution < -0.4 is 15.2 Å². The highest BCUT2D eigenvalue weighted by molar-refractivity contribution is 5.65. The van der Waals surface area contributed by atoms with Gasteiger partial charge in [0.2, 0.25) is 0 Å². The first kappa shape index (κ1) is 23.9. The molecule has 3 heterocycles. The van der Waals surface area contributed by atoms with Crippen LogP contribution in [-0.2, 0) is 6.54 Å². The molecule has 2 aromatic heterocycles. The normalized spacial score (nSPS) is 16.5. The minimum absolute atomic E-state index is 0.0104. The van der Waals surface area contributed by atoms with Crippen LogP contribution in [0.15, 0.2) is 71.7 Å². The Morgan fingerprint density at radius 2 is 1.61 bits per heavy atom. The van der Waals surface area contributed by atoms with E-state index in [0.29, 0.717) is 42.2 Å². The van der Waals surface area contributed by atoms with Crippen LogP contribution in [0.1, 0.15) is 6.42 Å². The number of hydrogen-bond acceptors (Lipinski definition) is 5. The van der Waals surface area contributed by atoms with Gasteiger partial charge in [-0.3, -0.25) is 4.90 Å².